The van der Waals surface area contributed by atoms with Gasteiger partial charge in [-0.2, -0.15) is 0 Å². The third-order valence-corrected chi connectivity index (χ3v) is 4.55. The summed E-state index contributed by atoms with van der Waals surface area (Å²) < 4.78 is 31.5. The summed E-state index contributed by atoms with van der Waals surface area (Å²) in [6.45, 7) is 5.48. The Morgan fingerprint density at radius 2 is 2.17 bits per heavy atom. The van der Waals surface area contributed by atoms with Gasteiger partial charge in [0.1, 0.15) is 6.21 Å². The molecule has 1 aromatic rings. The van der Waals surface area contributed by atoms with Crippen molar-refractivity contribution in [3.8, 4) is 0 Å². The zero-order valence-electron chi connectivity index (χ0n) is 14.0. The topological polar surface area (TPSA) is 11.2 Å². The summed E-state index contributed by atoms with van der Waals surface area (Å²) in [4.78, 5) is 2.26. The van der Waals surface area contributed by atoms with E-state index < -0.39 is 6.97 Å². The Kier molecular flexibility index (Phi) is 3.78. The Morgan fingerprint density at radius 1 is 1.43 bits per heavy atom. The lowest BCUT2D eigenvalue weighted by atomic mass is 9.88. The van der Waals surface area contributed by atoms with E-state index in [0.717, 1.165) is 26.8 Å². The van der Waals surface area contributed by atoms with Crippen molar-refractivity contribution in [1.82, 2.24) is 9.38 Å². The summed E-state index contributed by atoms with van der Waals surface area (Å²) in [5.74, 6) is 0. The summed E-state index contributed by atoms with van der Waals surface area (Å²) >= 11 is 0. The van der Waals surface area contributed by atoms with Crippen LogP contribution in [0.1, 0.15) is 33.4 Å². The third-order valence-electron chi connectivity index (χ3n) is 4.55. The molecule has 2 aliphatic rings. The van der Waals surface area contributed by atoms with E-state index in [1.54, 1.807) is 24.3 Å². The molecule has 122 valence electrons. The first kappa shape index (κ1) is 15.8. The van der Waals surface area contributed by atoms with Crippen LogP contribution in [0.4, 0.5) is 8.63 Å². The first-order chi connectivity index (χ1) is 10.9. The molecule has 0 fully saturated rings. The van der Waals surface area contributed by atoms with Gasteiger partial charge in [0.15, 0.2) is 5.70 Å². The maximum atomic E-state index is 14.7. The van der Waals surface area contributed by atoms with E-state index in [1.165, 1.54) is 12.4 Å². The van der Waals surface area contributed by atoms with Gasteiger partial charge in [0, 0.05) is 36.1 Å². The smallest absolute Gasteiger partial charge is 0.396 e. The second-order valence-electron chi connectivity index (χ2n) is 6.27. The number of halogens is 2. The molecule has 0 saturated carbocycles. The fraction of sp³-hybridized carbons (Fsp3) is 0.353. The van der Waals surface area contributed by atoms with E-state index in [9.17, 15) is 8.63 Å². The average Bonchev–Trinajstić information content (AvgIpc) is 3.14. The van der Waals surface area contributed by atoms with E-state index in [-0.39, 0.29) is 0 Å². The number of hydrogen-bond donors (Lipinski definition) is 0. The summed E-state index contributed by atoms with van der Waals surface area (Å²) in [6, 6.07) is 3.81. The molecular weight excluding hydrogens is 295 g/mol. The lowest BCUT2D eigenvalue weighted by Gasteiger charge is -2.32. The highest BCUT2D eigenvalue weighted by Gasteiger charge is 2.50. The van der Waals surface area contributed by atoms with E-state index in [2.05, 4.69) is 25.7 Å². The molecule has 0 saturated heterocycles. The SMILES string of the molecule is CCN(/C(C)=C/C1=C2C=CC=[N+]2[B-](F)(F)n2cccc21)C(C)C. The van der Waals surface area contributed by atoms with Crippen LogP contribution < -0.4 is 0 Å². The van der Waals surface area contributed by atoms with E-state index >= 15 is 0 Å². The molecule has 0 N–H and O–H groups in total. The van der Waals surface area contributed by atoms with E-state index in [4.69, 9.17) is 0 Å². The van der Waals surface area contributed by atoms with E-state index in [0.29, 0.717) is 17.4 Å². The standard InChI is InChI=1S/C17H22BF2N3/c1-5-21(13(2)3)14(4)12-15-16-8-6-10-22(16)18(19,20)23-11-7-9-17(15)23/h6-13H,5H2,1-4H3/b14-12+. The molecule has 0 radical (unpaired) electrons. The molecule has 3 nitrogen and oxygen atoms in total. The van der Waals surface area contributed by atoms with Gasteiger partial charge in [0.25, 0.3) is 0 Å². The van der Waals surface area contributed by atoms with Crippen molar-refractivity contribution in [1.29, 1.82) is 0 Å². The summed E-state index contributed by atoms with van der Waals surface area (Å²) in [7, 11) is 0. The lowest BCUT2D eigenvalue weighted by molar-refractivity contribution is -0.356. The zero-order valence-corrected chi connectivity index (χ0v) is 14.0. The van der Waals surface area contributed by atoms with Gasteiger partial charge in [-0.05, 0) is 52.1 Å². The fourth-order valence-corrected chi connectivity index (χ4v) is 3.51. The van der Waals surface area contributed by atoms with Gasteiger partial charge in [0.05, 0.1) is 5.57 Å². The quantitative estimate of drug-likeness (QED) is 0.770. The number of aromatic nitrogens is 1. The largest absolute Gasteiger partial charge is 0.737 e. The maximum Gasteiger partial charge on any atom is 0.737 e. The molecule has 3 rings (SSSR count). The third kappa shape index (κ3) is 2.37. The summed E-state index contributed by atoms with van der Waals surface area (Å²) in [5.41, 5.74) is 3.06. The molecule has 23 heavy (non-hydrogen) atoms. The summed E-state index contributed by atoms with van der Waals surface area (Å²) in [6.07, 6.45) is 8.38. The van der Waals surface area contributed by atoms with Crippen molar-refractivity contribution in [2.24, 2.45) is 0 Å². The maximum absolute atomic E-state index is 14.7. The van der Waals surface area contributed by atoms with Gasteiger partial charge in [0.2, 0.25) is 0 Å². The minimum absolute atomic E-state index is 0.365. The Labute approximate surface area is 136 Å². The highest BCUT2D eigenvalue weighted by Crippen LogP contribution is 2.36. The highest BCUT2D eigenvalue weighted by molar-refractivity contribution is 6.57. The highest BCUT2D eigenvalue weighted by atomic mass is 19.2. The molecule has 0 unspecified atom stereocenters. The van der Waals surface area contributed by atoms with Gasteiger partial charge in [-0.3, -0.25) is 0 Å². The molecule has 0 bridgehead atoms. The second kappa shape index (κ2) is 5.51. The zero-order chi connectivity index (χ0) is 16.8. The molecule has 2 aliphatic heterocycles. The molecule has 0 aromatic carbocycles. The Morgan fingerprint density at radius 3 is 2.83 bits per heavy atom. The fourth-order valence-electron chi connectivity index (χ4n) is 3.51. The van der Waals surface area contributed by atoms with Crippen LogP contribution in [0.15, 0.2) is 48.0 Å². The molecule has 3 heterocycles. The van der Waals surface area contributed by atoms with Crippen molar-refractivity contribution < 1.29 is 13.1 Å². The Bertz CT molecular complexity index is 754. The van der Waals surface area contributed by atoms with Crippen LogP contribution in [0.2, 0.25) is 0 Å². The van der Waals surface area contributed by atoms with Gasteiger partial charge >= 0.3 is 6.97 Å². The van der Waals surface area contributed by atoms with Crippen LogP contribution in [0, 0.1) is 0 Å². The molecule has 6 heteroatoms. The van der Waals surface area contributed by atoms with Crippen molar-refractivity contribution in [3.63, 3.8) is 0 Å². The molecule has 1 aromatic heterocycles. The average molecular weight is 317 g/mol. The van der Waals surface area contributed by atoms with Crippen LogP contribution in [-0.2, 0) is 0 Å². The van der Waals surface area contributed by atoms with Crippen LogP contribution >= 0.6 is 0 Å². The molecular formula is C17H22BF2N3. The number of rotatable bonds is 4. The number of fused-ring (bicyclic) bond motifs is 2. The Balaban J connectivity index is 2.16. The van der Waals surface area contributed by atoms with Gasteiger partial charge in [-0.1, -0.05) is 0 Å². The number of hydrogen-bond acceptors (Lipinski definition) is 1. The van der Waals surface area contributed by atoms with Crippen LogP contribution in [0.25, 0.3) is 5.57 Å². The van der Waals surface area contributed by atoms with Crippen LogP contribution in [0.5, 0.6) is 0 Å². The number of nitrogens with zero attached hydrogens (tertiary/aromatic N) is 3. The minimum Gasteiger partial charge on any atom is -0.396 e. The van der Waals surface area contributed by atoms with Gasteiger partial charge in [-0.25, -0.2) is 0 Å². The van der Waals surface area contributed by atoms with E-state index in [1.807, 2.05) is 13.0 Å². The minimum atomic E-state index is -3.81. The van der Waals surface area contributed by atoms with Crippen molar-refractivity contribution in [2.75, 3.05) is 6.54 Å². The molecule has 0 spiro atoms. The van der Waals surface area contributed by atoms with Crippen LogP contribution in [0.3, 0.4) is 0 Å². The van der Waals surface area contributed by atoms with Crippen molar-refractivity contribution >= 4 is 18.8 Å². The first-order valence-electron chi connectivity index (χ1n) is 8.06. The monoisotopic (exact) mass is 317 g/mol. The predicted molar refractivity (Wildman–Crippen MR) is 91.5 cm³/mol. The lowest BCUT2D eigenvalue weighted by Crippen LogP contribution is -2.49. The summed E-state index contributed by atoms with van der Waals surface area (Å²) in [5, 5.41) is 0. The van der Waals surface area contributed by atoms with Crippen molar-refractivity contribution in [2.45, 2.75) is 33.7 Å². The molecule has 0 amide bonds. The number of allylic oxidation sites excluding steroid dienone is 5. The normalized spacial score (nSPS) is 19.1. The second-order valence-corrected chi connectivity index (χ2v) is 6.27. The first-order valence-corrected chi connectivity index (χ1v) is 8.06. The molecule has 0 atom stereocenters. The van der Waals surface area contributed by atoms with Crippen molar-refractivity contribution in [3.05, 3.63) is 53.6 Å². The van der Waals surface area contributed by atoms with Crippen LogP contribution in [-0.4, -0.2) is 39.6 Å². The Hall–Kier alpha value is -2.11. The predicted octanol–water partition coefficient (Wildman–Crippen LogP) is 3.72. The van der Waals surface area contributed by atoms with Gasteiger partial charge < -0.3 is 22.5 Å². The van der Waals surface area contributed by atoms with Gasteiger partial charge in [-0.15, -0.1) is 0 Å². The molecule has 0 aliphatic carbocycles.